The third-order valence-corrected chi connectivity index (χ3v) is 5.60. The van der Waals surface area contributed by atoms with E-state index in [9.17, 15) is 32.3 Å². The van der Waals surface area contributed by atoms with E-state index >= 15 is 0 Å². The summed E-state index contributed by atoms with van der Waals surface area (Å²) in [7, 11) is 0. The maximum absolute atomic E-state index is 13.9. The molecule has 0 fully saturated rings. The van der Waals surface area contributed by atoms with E-state index in [-0.39, 0.29) is 28.9 Å². The largest absolute Gasteiger partial charge is 0.416 e. The Balaban J connectivity index is 1.75. The van der Waals surface area contributed by atoms with Crippen LogP contribution in [0.25, 0.3) is 16.9 Å². The molecule has 37 heavy (non-hydrogen) atoms. The van der Waals surface area contributed by atoms with Crippen molar-refractivity contribution in [3.63, 3.8) is 0 Å². The fourth-order valence-electron chi connectivity index (χ4n) is 3.73. The molecule has 4 rings (SSSR count). The Morgan fingerprint density at radius 2 is 1.68 bits per heavy atom. The Morgan fingerprint density at radius 3 is 2.30 bits per heavy atom. The third kappa shape index (κ3) is 6.10. The van der Waals surface area contributed by atoms with Gasteiger partial charge in [0.2, 0.25) is 0 Å². The minimum Gasteiger partial charge on any atom is -0.394 e. The lowest BCUT2D eigenvalue weighted by molar-refractivity contribution is -0.137. The Labute approximate surface area is 208 Å². The van der Waals surface area contributed by atoms with Crippen molar-refractivity contribution in [3.05, 3.63) is 118 Å². The lowest BCUT2D eigenvalue weighted by Crippen LogP contribution is -2.42. The maximum atomic E-state index is 13.9. The predicted molar refractivity (Wildman–Crippen MR) is 129 cm³/mol. The number of alkyl halides is 3. The smallest absolute Gasteiger partial charge is 0.394 e. The van der Waals surface area contributed by atoms with Crippen molar-refractivity contribution in [3.8, 4) is 16.9 Å². The van der Waals surface area contributed by atoms with Gasteiger partial charge in [0.1, 0.15) is 11.4 Å². The zero-order valence-electron chi connectivity index (χ0n) is 19.2. The standard InChI is InChI=1S/C27H21F4N3O3/c28-20-7-4-8-22(14-20)34-26(37)23(25(36)32-21(16-35)13-17-5-2-1-3-6-17)15-24(33-34)18-9-11-19(12-10-18)27(29,30)31/h1-12,14-15,21,35H,13,16H2,(H,32,36)/t21-/m0/s1. The van der Waals surface area contributed by atoms with E-state index in [0.717, 1.165) is 40.6 Å². The van der Waals surface area contributed by atoms with Gasteiger partial charge in [0.15, 0.2) is 0 Å². The lowest BCUT2D eigenvalue weighted by atomic mass is 10.1. The average molecular weight is 511 g/mol. The van der Waals surface area contributed by atoms with Crippen LogP contribution in [0.3, 0.4) is 0 Å². The van der Waals surface area contributed by atoms with Crippen LogP contribution in [0.1, 0.15) is 21.5 Å². The van der Waals surface area contributed by atoms with Crippen LogP contribution < -0.4 is 10.9 Å². The van der Waals surface area contributed by atoms with Gasteiger partial charge < -0.3 is 10.4 Å². The minimum absolute atomic E-state index is 0.0198. The summed E-state index contributed by atoms with van der Waals surface area (Å²) in [5.41, 5.74) is -1.02. The number of nitrogens with zero attached hydrogens (tertiary/aromatic N) is 2. The molecule has 1 atom stereocenters. The van der Waals surface area contributed by atoms with Crippen molar-refractivity contribution in [1.29, 1.82) is 0 Å². The lowest BCUT2D eigenvalue weighted by Gasteiger charge is -2.17. The number of benzene rings is 3. The van der Waals surface area contributed by atoms with Crippen molar-refractivity contribution in [2.45, 2.75) is 18.6 Å². The van der Waals surface area contributed by atoms with Gasteiger partial charge in [-0.25, -0.2) is 4.39 Å². The van der Waals surface area contributed by atoms with Gasteiger partial charge in [-0.15, -0.1) is 0 Å². The summed E-state index contributed by atoms with van der Waals surface area (Å²) in [5, 5.41) is 16.6. The van der Waals surface area contributed by atoms with Gasteiger partial charge in [-0.2, -0.15) is 23.0 Å². The molecule has 0 aliphatic carbocycles. The van der Waals surface area contributed by atoms with Gasteiger partial charge in [0, 0.05) is 5.56 Å². The highest BCUT2D eigenvalue weighted by molar-refractivity contribution is 5.95. The molecule has 4 aromatic rings. The van der Waals surface area contributed by atoms with Crippen molar-refractivity contribution in [2.24, 2.45) is 0 Å². The van der Waals surface area contributed by atoms with E-state index in [1.165, 1.54) is 24.3 Å². The Hall–Kier alpha value is -4.31. The van der Waals surface area contributed by atoms with Crippen LogP contribution >= 0.6 is 0 Å². The van der Waals surface area contributed by atoms with E-state index < -0.39 is 41.7 Å². The number of halogens is 4. The quantitative estimate of drug-likeness (QED) is 0.361. The highest BCUT2D eigenvalue weighted by Gasteiger charge is 2.30. The van der Waals surface area contributed by atoms with E-state index in [0.29, 0.717) is 0 Å². The van der Waals surface area contributed by atoms with Crippen LogP contribution in [0, 0.1) is 5.82 Å². The van der Waals surface area contributed by atoms with Crippen LogP contribution in [0.4, 0.5) is 17.6 Å². The fraction of sp³-hybridized carbons (Fsp3) is 0.148. The van der Waals surface area contributed by atoms with Crippen LogP contribution in [0.2, 0.25) is 0 Å². The van der Waals surface area contributed by atoms with Gasteiger partial charge >= 0.3 is 6.18 Å². The number of aromatic nitrogens is 2. The minimum atomic E-state index is -4.55. The zero-order chi connectivity index (χ0) is 26.6. The molecule has 0 radical (unpaired) electrons. The highest BCUT2D eigenvalue weighted by Crippen LogP contribution is 2.30. The first-order chi connectivity index (χ1) is 17.7. The summed E-state index contributed by atoms with van der Waals surface area (Å²) in [5.74, 6) is -1.47. The predicted octanol–water partition coefficient (Wildman–Crippen LogP) is 4.39. The fourth-order valence-corrected chi connectivity index (χ4v) is 3.73. The first-order valence-corrected chi connectivity index (χ1v) is 11.2. The molecule has 0 spiro atoms. The monoisotopic (exact) mass is 511 g/mol. The third-order valence-electron chi connectivity index (χ3n) is 5.60. The molecule has 1 heterocycles. The van der Waals surface area contributed by atoms with Gasteiger partial charge in [0.05, 0.1) is 29.6 Å². The molecule has 2 N–H and O–H groups in total. The van der Waals surface area contributed by atoms with Gasteiger partial charge in [-0.3, -0.25) is 9.59 Å². The Kier molecular flexibility index (Phi) is 7.49. The highest BCUT2D eigenvalue weighted by atomic mass is 19.4. The molecule has 10 heteroatoms. The van der Waals surface area contributed by atoms with E-state index in [1.54, 1.807) is 0 Å². The number of hydrogen-bond acceptors (Lipinski definition) is 4. The second-order valence-electron chi connectivity index (χ2n) is 8.26. The average Bonchev–Trinajstić information content (AvgIpc) is 2.88. The molecule has 0 saturated heterocycles. The van der Waals surface area contributed by atoms with Crippen LogP contribution in [0.15, 0.2) is 89.7 Å². The molecule has 190 valence electrons. The summed E-state index contributed by atoms with van der Waals surface area (Å²) in [6, 6.07) is 18.5. The number of rotatable bonds is 7. The molecular weight excluding hydrogens is 490 g/mol. The summed E-state index contributed by atoms with van der Waals surface area (Å²) >= 11 is 0. The SMILES string of the molecule is O=C(N[C@H](CO)Cc1ccccc1)c1cc(-c2ccc(C(F)(F)F)cc2)nn(-c2cccc(F)c2)c1=O. The summed E-state index contributed by atoms with van der Waals surface area (Å²) in [6.45, 7) is -0.407. The topological polar surface area (TPSA) is 84.2 Å². The first-order valence-electron chi connectivity index (χ1n) is 11.2. The van der Waals surface area contributed by atoms with Crippen LogP contribution in [-0.4, -0.2) is 33.4 Å². The number of aliphatic hydroxyl groups excluding tert-OH is 1. The number of hydrogen-bond donors (Lipinski definition) is 2. The molecule has 1 amide bonds. The summed E-state index contributed by atoms with van der Waals surface area (Å²) < 4.78 is 53.7. The van der Waals surface area contributed by atoms with Gasteiger partial charge in [-0.05, 0) is 48.4 Å². The van der Waals surface area contributed by atoms with Crippen LogP contribution in [-0.2, 0) is 12.6 Å². The summed E-state index contributed by atoms with van der Waals surface area (Å²) in [6.07, 6.45) is -4.26. The van der Waals surface area contributed by atoms with Crippen LogP contribution in [0.5, 0.6) is 0 Å². The molecule has 0 bridgehead atoms. The Bertz CT molecular complexity index is 1450. The van der Waals surface area contributed by atoms with Gasteiger partial charge in [-0.1, -0.05) is 48.5 Å². The number of nitrogens with one attached hydrogen (secondary N) is 1. The van der Waals surface area contributed by atoms with E-state index in [1.807, 2.05) is 30.3 Å². The summed E-state index contributed by atoms with van der Waals surface area (Å²) in [4.78, 5) is 26.4. The normalized spacial score (nSPS) is 12.2. The molecule has 1 aromatic heterocycles. The molecule has 0 unspecified atom stereocenters. The molecule has 6 nitrogen and oxygen atoms in total. The van der Waals surface area contributed by atoms with Crippen molar-refractivity contribution >= 4 is 5.91 Å². The number of aliphatic hydroxyl groups is 1. The maximum Gasteiger partial charge on any atom is 0.416 e. The molecule has 0 saturated carbocycles. The van der Waals surface area contributed by atoms with Gasteiger partial charge in [0.25, 0.3) is 11.5 Å². The molecular formula is C27H21F4N3O3. The zero-order valence-corrected chi connectivity index (χ0v) is 19.2. The van der Waals surface area contributed by atoms with E-state index in [2.05, 4.69) is 10.4 Å². The number of carbonyl (C=O) groups is 1. The molecule has 0 aliphatic heterocycles. The molecule has 3 aromatic carbocycles. The Morgan fingerprint density at radius 1 is 0.973 bits per heavy atom. The van der Waals surface area contributed by atoms with E-state index in [4.69, 9.17) is 0 Å². The second kappa shape index (κ2) is 10.8. The van der Waals surface area contributed by atoms with Crippen molar-refractivity contribution in [2.75, 3.05) is 6.61 Å². The first kappa shape index (κ1) is 25.8. The second-order valence-corrected chi connectivity index (χ2v) is 8.26. The van der Waals surface area contributed by atoms with Crippen molar-refractivity contribution in [1.82, 2.24) is 15.1 Å². The molecule has 0 aliphatic rings. The van der Waals surface area contributed by atoms with Crippen molar-refractivity contribution < 1.29 is 27.5 Å². The number of amides is 1. The number of carbonyl (C=O) groups excluding carboxylic acids is 1.